The van der Waals surface area contributed by atoms with Crippen LogP contribution in [0.25, 0.3) is 0 Å². The van der Waals surface area contributed by atoms with Gasteiger partial charge in [-0.1, -0.05) is 43.3 Å². The van der Waals surface area contributed by atoms with Gasteiger partial charge in [0, 0.05) is 26.2 Å². The van der Waals surface area contributed by atoms with Gasteiger partial charge in [-0.3, -0.25) is 9.69 Å². The molecule has 10 heteroatoms. The van der Waals surface area contributed by atoms with Gasteiger partial charge in [-0.2, -0.15) is 4.31 Å². The normalized spacial score (nSPS) is 23.7. The number of rotatable bonds is 6. The maximum atomic E-state index is 13.2. The van der Waals surface area contributed by atoms with Crippen LogP contribution in [0.1, 0.15) is 18.9 Å². The van der Waals surface area contributed by atoms with Crippen LogP contribution in [0, 0.1) is 0 Å². The number of benzene rings is 1. The van der Waals surface area contributed by atoms with Crippen molar-refractivity contribution >= 4 is 33.3 Å². The maximum absolute atomic E-state index is 13.2. The monoisotopic (exact) mass is 448 g/mol. The highest BCUT2D eigenvalue weighted by atomic mass is 32.2. The molecule has 2 fully saturated rings. The molecule has 0 saturated carbocycles. The molecule has 0 radical (unpaired) electrons. The molecule has 1 aromatic carbocycles. The molecule has 3 heterocycles. The number of amides is 3. The average molecular weight is 449 g/mol. The lowest BCUT2D eigenvalue weighted by Crippen LogP contribution is -2.52. The number of thiophene rings is 1. The van der Waals surface area contributed by atoms with Gasteiger partial charge in [0.05, 0.1) is 6.67 Å². The van der Waals surface area contributed by atoms with Crippen molar-refractivity contribution in [2.45, 2.75) is 23.1 Å². The summed E-state index contributed by atoms with van der Waals surface area (Å²) in [6.45, 7) is 3.57. The maximum Gasteiger partial charge on any atom is 0.326 e. The summed E-state index contributed by atoms with van der Waals surface area (Å²) in [7, 11) is -3.48. The molecule has 1 N–H and O–H groups in total. The molecule has 1 atom stereocenters. The van der Waals surface area contributed by atoms with Gasteiger partial charge < -0.3 is 5.32 Å². The third-order valence-electron chi connectivity index (χ3n) is 5.73. The largest absolute Gasteiger partial charge is 0.326 e. The van der Waals surface area contributed by atoms with Crippen LogP contribution >= 0.6 is 11.3 Å². The van der Waals surface area contributed by atoms with Crippen LogP contribution in [0.15, 0.2) is 52.1 Å². The van der Waals surface area contributed by atoms with Gasteiger partial charge in [0.2, 0.25) is 0 Å². The van der Waals surface area contributed by atoms with Crippen molar-refractivity contribution in [1.29, 1.82) is 0 Å². The molecule has 2 saturated heterocycles. The first-order valence-electron chi connectivity index (χ1n) is 9.84. The molecule has 160 valence electrons. The lowest BCUT2D eigenvalue weighted by atomic mass is 9.87. The molecule has 2 aromatic rings. The Balaban J connectivity index is 1.43. The number of sulfonamides is 1. The Kier molecular flexibility index (Phi) is 5.67. The number of nitrogens with zero attached hydrogens (tertiary/aromatic N) is 3. The fourth-order valence-electron chi connectivity index (χ4n) is 3.97. The van der Waals surface area contributed by atoms with Crippen LogP contribution in [0.2, 0.25) is 0 Å². The van der Waals surface area contributed by atoms with Crippen LogP contribution in [-0.4, -0.2) is 67.3 Å². The molecule has 8 nitrogen and oxygen atoms in total. The molecule has 3 amide bonds. The first-order valence-corrected chi connectivity index (χ1v) is 12.2. The zero-order valence-electron chi connectivity index (χ0n) is 16.7. The predicted molar refractivity (Wildman–Crippen MR) is 113 cm³/mol. The van der Waals surface area contributed by atoms with Crippen molar-refractivity contribution in [3.05, 3.63) is 53.4 Å². The van der Waals surface area contributed by atoms with Crippen LogP contribution in [-0.2, 0) is 20.4 Å². The van der Waals surface area contributed by atoms with E-state index in [0.717, 1.165) is 5.56 Å². The molecule has 1 aromatic heterocycles. The zero-order valence-corrected chi connectivity index (χ0v) is 18.3. The summed E-state index contributed by atoms with van der Waals surface area (Å²) >= 11 is 1.20. The van der Waals surface area contributed by atoms with Crippen LogP contribution < -0.4 is 5.32 Å². The van der Waals surface area contributed by atoms with Gasteiger partial charge in [-0.15, -0.1) is 11.3 Å². The second-order valence-corrected chi connectivity index (χ2v) is 10.5. The van der Waals surface area contributed by atoms with Crippen molar-refractivity contribution in [2.75, 3.05) is 32.8 Å². The minimum absolute atomic E-state index is 0.145. The third kappa shape index (κ3) is 3.53. The van der Waals surface area contributed by atoms with Crippen molar-refractivity contribution < 1.29 is 18.0 Å². The number of imide groups is 1. The first kappa shape index (κ1) is 21.0. The van der Waals surface area contributed by atoms with Crippen LogP contribution in [0.4, 0.5) is 4.79 Å². The van der Waals surface area contributed by atoms with E-state index in [1.807, 2.05) is 42.2 Å². The Bertz CT molecular complexity index is 1020. The standard InChI is InChI=1S/C20H24N4O4S2/c1-2-20(16-7-4-3-5-8-16)18(25)24(19(26)21-20)15-22-10-12-23(13-11-22)30(27,28)17-9-6-14-29-17/h3-9,14H,2,10-13,15H2,1H3,(H,21,26)/t20-/m1/s1. The van der Waals surface area contributed by atoms with Gasteiger partial charge in [-0.05, 0) is 23.4 Å². The molecular formula is C20H24N4O4S2. The van der Waals surface area contributed by atoms with Gasteiger partial charge in [0.15, 0.2) is 0 Å². The summed E-state index contributed by atoms with van der Waals surface area (Å²) in [5.41, 5.74) is -0.289. The van der Waals surface area contributed by atoms with Gasteiger partial charge in [0.1, 0.15) is 9.75 Å². The Morgan fingerprint density at radius 3 is 2.33 bits per heavy atom. The Morgan fingerprint density at radius 1 is 1.03 bits per heavy atom. The topological polar surface area (TPSA) is 90.0 Å². The van der Waals surface area contributed by atoms with Crippen molar-refractivity contribution in [3.8, 4) is 0 Å². The summed E-state index contributed by atoms with van der Waals surface area (Å²) in [4.78, 5) is 29.1. The van der Waals surface area contributed by atoms with Crippen molar-refractivity contribution in [1.82, 2.24) is 19.4 Å². The molecule has 4 rings (SSSR count). The SMILES string of the molecule is CC[C@]1(c2ccccc2)NC(=O)N(CN2CCN(S(=O)(=O)c3cccs3)CC2)C1=O. The number of hydrogen-bond donors (Lipinski definition) is 1. The Hall–Kier alpha value is -2.27. The van der Waals surface area contributed by atoms with E-state index in [9.17, 15) is 18.0 Å². The number of hydrogen-bond acceptors (Lipinski definition) is 6. The van der Waals surface area contributed by atoms with Crippen LogP contribution in [0.5, 0.6) is 0 Å². The van der Waals surface area contributed by atoms with E-state index < -0.39 is 21.6 Å². The first-order chi connectivity index (χ1) is 14.4. The molecule has 0 spiro atoms. The van der Waals surface area contributed by atoms with E-state index in [2.05, 4.69) is 5.32 Å². The highest BCUT2D eigenvalue weighted by Gasteiger charge is 2.51. The number of carbonyl (C=O) groups excluding carboxylic acids is 2. The van der Waals surface area contributed by atoms with E-state index in [1.54, 1.807) is 17.5 Å². The third-order valence-corrected chi connectivity index (χ3v) is 9.01. The Labute approximate surface area is 180 Å². The summed E-state index contributed by atoms with van der Waals surface area (Å²) in [5, 5.41) is 4.62. The van der Waals surface area contributed by atoms with E-state index in [4.69, 9.17) is 0 Å². The zero-order chi connectivity index (χ0) is 21.4. The lowest BCUT2D eigenvalue weighted by Gasteiger charge is -2.35. The molecule has 0 bridgehead atoms. The number of carbonyl (C=O) groups is 2. The molecule has 0 aliphatic carbocycles. The summed E-state index contributed by atoms with van der Waals surface area (Å²) in [5.74, 6) is -0.269. The van der Waals surface area contributed by atoms with E-state index >= 15 is 0 Å². The minimum atomic E-state index is -3.48. The quantitative estimate of drug-likeness (QED) is 0.682. The molecule has 30 heavy (non-hydrogen) atoms. The number of nitrogens with one attached hydrogen (secondary N) is 1. The molecule has 2 aliphatic rings. The second-order valence-electron chi connectivity index (χ2n) is 7.38. The minimum Gasteiger partial charge on any atom is -0.319 e. The van der Waals surface area contributed by atoms with Gasteiger partial charge >= 0.3 is 6.03 Å². The fraction of sp³-hybridized carbons (Fsp3) is 0.400. The van der Waals surface area contributed by atoms with Crippen molar-refractivity contribution in [2.24, 2.45) is 0 Å². The number of urea groups is 1. The van der Waals surface area contributed by atoms with Crippen molar-refractivity contribution in [3.63, 3.8) is 0 Å². The van der Waals surface area contributed by atoms with Gasteiger partial charge in [-0.25, -0.2) is 18.1 Å². The number of piperazine rings is 1. The van der Waals surface area contributed by atoms with E-state index in [-0.39, 0.29) is 12.6 Å². The highest BCUT2D eigenvalue weighted by molar-refractivity contribution is 7.91. The molecule has 0 unspecified atom stereocenters. The average Bonchev–Trinajstić information content (AvgIpc) is 3.39. The molecule has 2 aliphatic heterocycles. The van der Waals surface area contributed by atoms with Gasteiger partial charge in [0.25, 0.3) is 15.9 Å². The summed E-state index contributed by atoms with van der Waals surface area (Å²) in [6.07, 6.45) is 0.449. The van der Waals surface area contributed by atoms with E-state index in [0.29, 0.717) is 36.8 Å². The highest BCUT2D eigenvalue weighted by Crippen LogP contribution is 2.32. The smallest absolute Gasteiger partial charge is 0.319 e. The predicted octanol–water partition coefficient (Wildman–Crippen LogP) is 1.87. The Morgan fingerprint density at radius 2 is 1.73 bits per heavy atom. The summed E-state index contributed by atoms with van der Waals surface area (Å²) < 4.78 is 27.1. The fourth-order valence-corrected chi connectivity index (χ4v) is 6.53. The molecular weight excluding hydrogens is 424 g/mol. The second kappa shape index (κ2) is 8.10. The van der Waals surface area contributed by atoms with E-state index in [1.165, 1.54) is 20.5 Å². The summed E-state index contributed by atoms with van der Waals surface area (Å²) in [6, 6.07) is 12.2. The van der Waals surface area contributed by atoms with Crippen LogP contribution in [0.3, 0.4) is 0 Å². The lowest BCUT2D eigenvalue weighted by molar-refractivity contribution is -0.133.